The van der Waals surface area contributed by atoms with Gasteiger partial charge in [0.2, 0.25) is 0 Å². The van der Waals surface area contributed by atoms with E-state index in [4.69, 9.17) is 10.5 Å². The van der Waals surface area contributed by atoms with Crippen LogP contribution in [0.2, 0.25) is 0 Å². The maximum absolute atomic E-state index is 5.81. The van der Waals surface area contributed by atoms with Crippen molar-refractivity contribution >= 4 is 5.82 Å². The lowest BCUT2D eigenvalue weighted by molar-refractivity contribution is 0.0749. The molecule has 14 heavy (non-hydrogen) atoms. The molecule has 0 saturated carbocycles. The van der Waals surface area contributed by atoms with Crippen LogP contribution in [0.5, 0.6) is 0 Å². The number of hydrogen-bond acceptors (Lipinski definition) is 2. The zero-order chi connectivity index (χ0) is 10.6. The minimum Gasteiger partial charge on any atom is -0.385 e. The van der Waals surface area contributed by atoms with Crippen LogP contribution in [0.4, 0.5) is 5.82 Å². The van der Waals surface area contributed by atoms with Crippen LogP contribution >= 0.6 is 0 Å². The molecule has 1 aromatic heterocycles. The molecule has 0 atom stereocenters. The second-order valence-corrected chi connectivity index (χ2v) is 3.82. The van der Waals surface area contributed by atoms with Gasteiger partial charge in [0, 0.05) is 18.8 Å². The van der Waals surface area contributed by atoms with Crippen molar-refractivity contribution in [2.24, 2.45) is 0 Å². The van der Waals surface area contributed by atoms with Gasteiger partial charge >= 0.3 is 0 Å². The van der Waals surface area contributed by atoms with Crippen LogP contribution < -0.4 is 5.73 Å². The second-order valence-electron chi connectivity index (χ2n) is 3.82. The smallest absolute Gasteiger partial charge is 0.103 e. The summed E-state index contributed by atoms with van der Waals surface area (Å²) in [4.78, 5) is 0. The van der Waals surface area contributed by atoms with Crippen LogP contribution in [0.3, 0.4) is 0 Å². The molecule has 0 unspecified atom stereocenters. The first kappa shape index (κ1) is 11.1. The Labute approximate surface area is 85.9 Å². The lowest BCUT2D eigenvalue weighted by Crippen LogP contribution is -2.09. The van der Waals surface area contributed by atoms with Gasteiger partial charge in [-0.3, -0.25) is 0 Å². The molecule has 1 rings (SSSR count). The Balaban J connectivity index is 2.31. The van der Waals surface area contributed by atoms with Crippen LogP contribution in [0.25, 0.3) is 0 Å². The number of aryl methyl sites for hydroxylation is 1. The van der Waals surface area contributed by atoms with Gasteiger partial charge in [0.15, 0.2) is 0 Å². The maximum Gasteiger partial charge on any atom is 0.103 e. The third-order valence-corrected chi connectivity index (χ3v) is 2.21. The van der Waals surface area contributed by atoms with Gasteiger partial charge in [-0.25, -0.2) is 0 Å². The van der Waals surface area contributed by atoms with Crippen molar-refractivity contribution in [3.63, 3.8) is 0 Å². The molecule has 80 valence electrons. The second kappa shape index (κ2) is 5.05. The molecule has 0 radical (unpaired) electrons. The van der Waals surface area contributed by atoms with Crippen LogP contribution in [0.1, 0.15) is 26.0 Å². The molecule has 0 bridgehead atoms. The molecule has 0 amide bonds. The van der Waals surface area contributed by atoms with E-state index in [9.17, 15) is 0 Å². The third kappa shape index (κ3) is 3.07. The van der Waals surface area contributed by atoms with E-state index in [-0.39, 0.29) is 0 Å². The third-order valence-electron chi connectivity index (χ3n) is 2.21. The molecule has 0 aromatic carbocycles. The largest absolute Gasteiger partial charge is 0.385 e. The topological polar surface area (TPSA) is 40.2 Å². The lowest BCUT2D eigenvalue weighted by atomic mass is 10.4. The van der Waals surface area contributed by atoms with Gasteiger partial charge in [0.05, 0.1) is 6.10 Å². The van der Waals surface area contributed by atoms with E-state index in [1.807, 2.05) is 12.1 Å². The first-order chi connectivity index (χ1) is 6.61. The van der Waals surface area contributed by atoms with Gasteiger partial charge in [-0.05, 0) is 39.3 Å². The molecular formula is C11H20N2O. The standard InChI is InChI=1S/C11H20N2O/c1-9(2)14-8-4-7-13-10(3)5-6-11(13)12/h5-6,9H,4,7-8,12H2,1-3H3. The van der Waals surface area contributed by atoms with Gasteiger partial charge in [-0.2, -0.15) is 0 Å². The number of nitrogen functional groups attached to an aromatic ring is 1. The summed E-state index contributed by atoms with van der Waals surface area (Å²) in [6.07, 6.45) is 1.33. The van der Waals surface area contributed by atoms with Crippen LogP contribution in [-0.2, 0) is 11.3 Å². The summed E-state index contributed by atoms with van der Waals surface area (Å²) in [5.74, 6) is 0.840. The molecule has 1 heterocycles. The zero-order valence-corrected chi connectivity index (χ0v) is 9.29. The number of nitrogens with two attached hydrogens (primary N) is 1. The average Bonchev–Trinajstić information content (AvgIpc) is 2.42. The van der Waals surface area contributed by atoms with Crippen molar-refractivity contribution in [1.82, 2.24) is 4.57 Å². The van der Waals surface area contributed by atoms with Gasteiger partial charge in [-0.15, -0.1) is 0 Å². The fourth-order valence-corrected chi connectivity index (χ4v) is 1.44. The first-order valence-corrected chi connectivity index (χ1v) is 5.14. The van der Waals surface area contributed by atoms with E-state index in [0.717, 1.165) is 25.4 Å². The quantitative estimate of drug-likeness (QED) is 0.733. The van der Waals surface area contributed by atoms with Crippen LogP contribution in [0.15, 0.2) is 12.1 Å². The number of ether oxygens (including phenoxy) is 1. The molecule has 0 aliphatic heterocycles. The van der Waals surface area contributed by atoms with Gasteiger partial charge in [0.25, 0.3) is 0 Å². The van der Waals surface area contributed by atoms with Crippen molar-refractivity contribution in [1.29, 1.82) is 0 Å². The van der Waals surface area contributed by atoms with Gasteiger partial charge < -0.3 is 15.0 Å². The summed E-state index contributed by atoms with van der Waals surface area (Å²) < 4.78 is 7.58. The molecule has 0 fully saturated rings. The highest BCUT2D eigenvalue weighted by Crippen LogP contribution is 2.10. The lowest BCUT2D eigenvalue weighted by Gasteiger charge is -2.10. The average molecular weight is 196 g/mol. The van der Waals surface area contributed by atoms with E-state index < -0.39 is 0 Å². The molecule has 3 nitrogen and oxygen atoms in total. The fraction of sp³-hybridized carbons (Fsp3) is 0.636. The van der Waals surface area contributed by atoms with Gasteiger partial charge in [-0.1, -0.05) is 0 Å². The summed E-state index contributed by atoms with van der Waals surface area (Å²) in [6.45, 7) is 7.91. The molecule has 2 N–H and O–H groups in total. The summed E-state index contributed by atoms with van der Waals surface area (Å²) in [6, 6.07) is 3.98. The molecule has 0 aliphatic carbocycles. The Morgan fingerprint density at radius 2 is 2.14 bits per heavy atom. The van der Waals surface area contributed by atoms with Crippen molar-refractivity contribution in [2.45, 2.75) is 39.8 Å². The van der Waals surface area contributed by atoms with Crippen molar-refractivity contribution in [3.8, 4) is 0 Å². The Bertz CT molecular complexity index is 259. The van der Waals surface area contributed by atoms with E-state index in [1.54, 1.807) is 0 Å². The minimum absolute atomic E-state index is 0.318. The Morgan fingerprint density at radius 1 is 1.43 bits per heavy atom. The SMILES string of the molecule is Cc1ccc(N)n1CCCOC(C)C. The van der Waals surface area contributed by atoms with Crippen molar-refractivity contribution in [2.75, 3.05) is 12.3 Å². The van der Waals surface area contributed by atoms with E-state index >= 15 is 0 Å². The number of anilines is 1. The number of hydrogen-bond donors (Lipinski definition) is 1. The molecule has 0 aliphatic rings. The summed E-state index contributed by atoms with van der Waals surface area (Å²) >= 11 is 0. The van der Waals surface area contributed by atoms with E-state index in [1.165, 1.54) is 5.69 Å². The number of aromatic nitrogens is 1. The van der Waals surface area contributed by atoms with Gasteiger partial charge in [0.1, 0.15) is 5.82 Å². The first-order valence-electron chi connectivity index (χ1n) is 5.14. The van der Waals surface area contributed by atoms with Crippen molar-refractivity contribution < 1.29 is 4.74 Å². The summed E-state index contributed by atoms with van der Waals surface area (Å²) in [7, 11) is 0. The Kier molecular flexibility index (Phi) is 4.01. The fourth-order valence-electron chi connectivity index (χ4n) is 1.44. The van der Waals surface area contributed by atoms with Crippen LogP contribution in [-0.4, -0.2) is 17.3 Å². The predicted molar refractivity (Wildman–Crippen MR) is 59.3 cm³/mol. The molecule has 0 saturated heterocycles. The van der Waals surface area contributed by atoms with E-state index in [2.05, 4.69) is 25.3 Å². The predicted octanol–water partition coefficient (Wildman–Crippen LogP) is 2.19. The van der Waals surface area contributed by atoms with E-state index in [0.29, 0.717) is 6.10 Å². The highest BCUT2D eigenvalue weighted by Gasteiger charge is 2.01. The monoisotopic (exact) mass is 196 g/mol. The Morgan fingerprint density at radius 3 is 2.64 bits per heavy atom. The molecule has 3 heteroatoms. The number of nitrogens with zero attached hydrogens (tertiary/aromatic N) is 1. The minimum atomic E-state index is 0.318. The highest BCUT2D eigenvalue weighted by molar-refractivity contribution is 5.33. The van der Waals surface area contributed by atoms with Crippen LogP contribution in [0, 0.1) is 6.92 Å². The van der Waals surface area contributed by atoms with Crippen molar-refractivity contribution in [3.05, 3.63) is 17.8 Å². The highest BCUT2D eigenvalue weighted by atomic mass is 16.5. The maximum atomic E-state index is 5.81. The summed E-state index contributed by atoms with van der Waals surface area (Å²) in [5, 5.41) is 0. The normalized spacial score (nSPS) is 11.1. The molecule has 1 aromatic rings. The Hall–Kier alpha value is -0.960. The molecular weight excluding hydrogens is 176 g/mol. The zero-order valence-electron chi connectivity index (χ0n) is 9.29. The summed E-state index contributed by atoms with van der Waals surface area (Å²) in [5.41, 5.74) is 7.02. The molecule has 0 spiro atoms. The number of rotatable bonds is 5.